The van der Waals surface area contributed by atoms with Crippen molar-refractivity contribution in [2.45, 2.75) is 64.6 Å². The minimum atomic E-state index is 0.0813. The van der Waals surface area contributed by atoms with Crippen molar-refractivity contribution in [3.05, 3.63) is 0 Å². The summed E-state index contributed by atoms with van der Waals surface area (Å²) in [7, 11) is 0. The maximum Gasteiger partial charge on any atom is 0.317 e. The average Bonchev–Trinajstić information content (AvgIpc) is 2.38. The van der Waals surface area contributed by atoms with E-state index < -0.39 is 0 Å². The minimum absolute atomic E-state index is 0.0813. The monoisotopic (exact) mass is 268 g/mol. The van der Waals surface area contributed by atoms with Gasteiger partial charge in [0.15, 0.2) is 0 Å². The van der Waals surface area contributed by atoms with Crippen LogP contribution in [0.2, 0.25) is 0 Å². The SMILES string of the molecule is CC1CN(C(=O)NCCC2CCCCC2)CC(C)O1. The van der Waals surface area contributed by atoms with Gasteiger partial charge in [-0.05, 0) is 26.2 Å². The Hall–Kier alpha value is -0.770. The summed E-state index contributed by atoms with van der Waals surface area (Å²) in [6.45, 7) is 6.29. The van der Waals surface area contributed by atoms with Crippen LogP contribution in [0.15, 0.2) is 0 Å². The Bertz CT molecular complexity index is 280. The Kier molecular flexibility index (Phi) is 5.49. The zero-order valence-corrected chi connectivity index (χ0v) is 12.4. The van der Waals surface area contributed by atoms with E-state index in [2.05, 4.69) is 5.32 Å². The van der Waals surface area contributed by atoms with Gasteiger partial charge in [0.2, 0.25) is 0 Å². The highest BCUT2D eigenvalue weighted by atomic mass is 16.5. The number of ether oxygens (including phenoxy) is 1. The molecule has 1 N–H and O–H groups in total. The quantitative estimate of drug-likeness (QED) is 0.855. The van der Waals surface area contributed by atoms with Gasteiger partial charge in [0, 0.05) is 19.6 Å². The smallest absolute Gasteiger partial charge is 0.317 e. The van der Waals surface area contributed by atoms with Gasteiger partial charge in [0.1, 0.15) is 0 Å². The molecule has 4 nitrogen and oxygen atoms in total. The third-order valence-electron chi connectivity index (χ3n) is 4.26. The zero-order chi connectivity index (χ0) is 13.7. The fourth-order valence-corrected chi connectivity index (χ4v) is 3.31. The molecule has 2 rings (SSSR count). The van der Waals surface area contributed by atoms with Crippen LogP contribution < -0.4 is 5.32 Å². The zero-order valence-electron chi connectivity index (χ0n) is 12.4. The molecule has 2 unspecified atom stereocenters. The molecule has 1 saturated carbocycles. The molecule has 0 radical (unpaired) electrons. The summed E-state index contributed by atoms with van der Waals surface area (Å²) < 4.78 is 5.64. The average molecular weight is 268 g/mol. The molecule has 2 amide bonds. The molecule has 19 heavy (non-hydrogen) atoms. The van der Waals surface area contributed by atoms with Crippen LogP contribution in [-0.4, -0.2) is 42.8 Å². The van der Waals surface area contributed by atoms with Crippen molar-refractivity contribution in [1.82, 2.24) is 10.2 Å². The topological polar surface area (TPSA) is 41.6 Å². The first kappa shape index (κ1) is 14.6. The van der Waals surface area contributed by atoms with Gasteiger partial charge >= 0.3 is 6.03 Å². The fourth-order valence-electron chi connectivity index (χ4n) is 3.31. The number of urea groups is 1. The lowest BCUT2D eigenvalue weighted by atomic mass is 9.87. The summed E-state index contributed by atoms with van der Waals surface area (Å²) in [4.78, 5) is 14.0. The van der Waals surface area contributed by atoms with Gasteiger partial charge in [-0.25, -0.2) is 4.79 Å². The Morgan fingerprint density at radius 1 is 1.16 bits per heavy atom. The number of rotatable bonds is 3. The second kappa shape index (κ2) is 7.13. The van der Waals surface area contributed by atoms with E-state index in [1.807, 2.05) is 18.7 Å². The first-order chi connectivity index (χ1) is 9.15. The molecule has 1 saturated heterocycles. The van der Waals surface area contributed by atoms with Crippen molar-refractivity contribution in [2.24, 2.45) is 5.92 Å². The van der Waals surface area contributed by atoms with Crippen molar-refractivity contribution < 1.29 is 9.53 Å². The number of nitrogens with zero attached hydrogens (tertiary/aromatic N) is 1. The summed E-state index contributed by atoms with van der Waals surface area (Å²) in [5, 5.41) is 3.07. The van der Waals surface area contributed by atoms with Crippen molar-refractivity contribution in [2.75, 3.05) is 19.6 Å². The van der Waals surface area contributed by atoms with Crippen molar-refractivity contribution in [1.29, 1.82) is 0 Å². The van der Waals surface area contributed by atoms with Crippen LogP contribution in [0, 0.1) is 5.92 Å². The van der Waals surface area contributed by atoms with E-state index in [0.29, 0.717) is 13.1 Å². The Morgan fingerprint density at radius 3 is 2.42 bits per heavy atom. The van der Waals surface area contributed by atoms with E-state index in [4.69, 9.17) is 4.74 Å². The molecule has 0 spiro atoms. The Labute approximate surface area is 116 Å². The molecule has 4 heteroatoms. The maximum absolute atomic E-state index is 12.1. The van der Waals surface area contributed by atoms with Crippen LogP contribution >= 0.6 is 0 Å². The summed E-state index contributed by atoms with van der Waals surface area (Å²) in [6.07, 6.45) is 8.27. The lowest BCUT2D eigenvalue weighted by molar-refractivity contribution is -0.0545. The van der Waals surface area contributed by atoms with Gasteiger partial charge in [0.05, 0.1) is 12.2 Å². The molecular formula is C15H28N2O2. The second-order valence-corrected chi connectivity index (χ2v) is 6.19. The molecule has 0 bridgehead atoms. The number of hydrogen-bond acceptors (Lipinski definition) is 2. The van der Waals surface area contributed by atoms with Gasteiger partial charge in [0.25, 0.3) is 0 Å². The van der Waals surface area contributed by atoms with E-state index in [-0.39, 0.29) is 18.2 Å². The lowest BCUT2D eigenvalue weighted by Crippen LogP contribution is -2.51. The summed E-state index contributed by atoms with van der Waals surface area (Å²) in [5.41, 5.74) is 0. The Balaban J connectivity index is 1.65. The third-order valence-corrected chi connectivity index (χ3v) is 4.26. The van der Waals surface area contributed by atoms with Gasteiger partial charge < -0.3 is 15.0 Å². The molecule has 2 atom stereocenters. The van der Waals surface area contributed by atoms with Crippen LogP contribution in [0.4, 0.5) is 4.79 Å². The van der Waals surface area contributed by atoms with Gasteiger partial charge in [-0.15, -0.1) is 0 Å². The first-order valence-electron chi connectivity index (χ1n) is 7.83. The molecule has 2 aliphatic rings. The molecule has 2 fully saturated rings. The van der Waals surface area contributed by atoms with E-state index in [1.165, 1.54) is 32.1 Å². The number of carbonyl (C=O) groups excluding carboxylic acids is 1. The van der Waals surface area contributed by atoms with Crippen molar-refractivity contribution >= 4 is 6.03 Å². The maximum atomic E-state index is 12.1. The minimum Gasteiger partial charge on any atom is -0.372 e. The van der Waals surface area contributed by atoms with Crippen molar-refractivity contribution in [3.8, 4) is 0 Å². The number of morpholine rings is 1. The van der Waals surface area contributed by atoms with E-state index >= 15 is 0 Å². The standard InChI is InChI=1S/C15H28N2O2/c1-12-10-17(11-13(2)19-12)15(18)16-9-8-14-6-4-3-5-7-14/h12-14H,3-11H2,1-2H3,(H,16,18). The van der Waals surface area contributed by atoms with Crippen LogP contribution in [0.25, 0.3) is 0 Å². The van der Waals surface area contributed by atoms with Gasteiger partial charge in [-0.2, -0.15) is 0 Å². The van der Waals surface area contributed by atoms with Crippen LogP contribution in [0.1, 0.15) is 52.4 Å². The van der Waals surface area contributed by atoms with Crippen LogP contribution in [0.3, 0.4) is 0 Å². The molecule has 0 aromatic rings. The highest BCUT2D eigenvalue weighted by Gasteiger charge is 2.25. The summed E-state index contributed by atoms with van der Waals surface area (Å²) >= 11 is 0. The summed E-state index contributed by atoms with van der Waals surface area (Å²) in [5.74, 6) is 0.830. The molecule has 1 heterocycles. The first-order valence-corrected chi connectivity index (χ1v) is 7.83. The molecule has 0 aromatic heterocycles. The molecular weight excluding hydrogens is 240 g/mol. The molecule has 0 aromatic carbocycles. The molecule has 1 aliphatic heterocycles. The lowest BCUT2D eigenvalue weighted by Gasteiger charge is -2.35. The molecule has 110 valence electrons. The number of hydrogen-bond donors (Lipinski definition) is 1. The predicted molar refractivity (Wildman–Crippen MR) is 76.2 cm³/mol. The fraction of sp³-hybridized carbons (Fsp3) is 0.933. The second-order valence-electron chi connectivity index (χ2n) is 6.19. The van der Waals surface area contributed by atoms with Gasteiger partial charge in [-0.3, -0.25) is 0 Å². The van der Waals surface area contributed by atoms with Crippen LogP contribution in [0.5, 0.6) is 0 Å². The van der Waals surface area contributed by atoms with Crippen LogP contribution in [-0.2, 0) is 4.74 Å². The molecule has 1 aliphatic carbocycles. The highest BCUT2D eigenvalue weighted by Crippen LogP contribution is 2.25. The van der Waals surface area contributed by atoms with Gasteiger partial charge in [-0.1, -0.05) is 32.1 Å². The largest absolute Gasteiger partial charge is 0.372 e. The van der Waals surface area contributed by atoms with E-state index in [1.54, 1.807) is 0 Å². The summed E-state index contributed by atoms with van der Waals surface area (Å²) in [6, 6.07) is 0.0813. The van der Waals surface area contributed by atoms with E-state index in [0.717, 1.165) is 18.9 Å². The number of nitrogens with one attached hydrogen (secondary N) is 1. The number of carbonyl (C=O) groups is 1. The third kappa shape index (κ3) is 4.68. The Morgan fingerprint density at radius 2 is 1.79 bits per heavy atom. The number of amides is 2. The normalized spacial score (nSPS) is 29.3. The van der Waals surface area contributed by atoms with Crippen molar-refractivity contribution in [3.63, 3.8) is 0 Å². The predicted octanol–water partition coefficient (Wildman–Crippen LogP) is 2.78. The van der Waals surface area contributed by atoms with E-state index in [9.17, 15) is 4.79 Å². The highest BCUT2D eigenvalue weighted by molar-refractivity contribution is 5.74.